The maximum absolute atomic E-state index is 11.8. The van der Waals surface area contributed by atoms with Gasteiger partial charge in [-0.25, -0.2) is 0 Å². The number of carbonyl (C=O) groups excluding carboxylic acids is 1. The van der Waals surface area contributed by atoms with E-state index in [0.717, 1.165) is 25.1 Å². The quantitative estimate of drug-likeness (QED) is 0.648. The molecule has 0 bridgehead atoms. The van der Waals surface area contributed by atoms with Crippen LogP contribution in [0.15, 0.2) is 6.20 Å². The molecule has 4 N–H and O–H groups in total. The maximum atomic E-state index is 11.8. The first-order chi connectivity index (χ1) is 7.66. The van der Waals surface area contributed by atoms with Crippen LogP contribution in [0.3, 0.4) is 0 Å². The monoisotopic (exact) mass is 223 g/mol. The molecule has 16 heavy (non-hydrogen) atoms. The van der Waals surface area contributed by atoms with E-state index < -0.39 is 0 Å². The van der Waals surface area contributed by atoms with Gasteiger partial charge in [0.2, 0.25) is 5.91 Å². The minimum Gasteiger partial charge on any atom is -0.384 e. The summed E-state index contributed by atoms with van der Waals surface area (Å²) in [7, 11) is 2.03. The van der Waals surface area contributed by atoms with Gasteiger partial charge in [-0.2, -0.15) is 5.10 Å². The third kappa shape index (κ3) is 2.33. The third-order valence-corrected chi connectivity index (χ3v) is 2.97. The Hall–Kier alpha value is -1.56. The van der Waals surface area contributed by atoms with Crippen molar-refractivity contribution in [3.8, 4) is 0 Å². The van der Waals surface area contributed by atoms with Gasteiger partial charge >= 0.3 is 0 Å². The number of nitrogens with one attached hydrogen (secondary N) is 2. The number of hydrogen-bond donors (Lipinski definition) is 3. The predicted molar refractivity (Wildman–Crippen MR) is 60.5 cm³/mol. The van der Waals surface area contributed by atoms with Crippen LogP contribution in [0.2, 0.25) is 0 Å². The van der Waals surface area contributed by atoms with Gasteiger partial charge in [0.05, 0.1) is 12.1 Å². The fourth-order valence-electron chi connectivity index (χ4n) is 1.94. The lowest BCUT2D eigenvalue weighted by atomic mass is 10.1. The number of nitrogens with two attached hydrogens (primary N) is 1. The smallest absolute Gasteiger partial charge is 0.224 e. The highest BCUT2D eigenvalue weighted by Gasteiger charge is 2.25. The number of nitrogens with zero attached hydrogens (tertiary/aromatic N) is 2. The van der Waals surface area contributed by atoms with E-state index in [1.54, 1.807) is 6.20 Å². The lowest BCUT2D eigenvalue weighted by molar-refractivity contribution is -0.124. The Kier molecular flexibility index (Phi) is 3.09. The van der Waals surface area contributed by atoms with Crippen LogP contribution in [0.5, 0.6) is 0 Å². The Morgan fingerprint density at radius 2 is 2.62 bits per heavy atom. The first kappa shape index (κ1) is 10.9. The van der Waals surface area contributed by atoms with Crippen molar-refractivity contribution in [3.63, 3.8) is 0 Å². The minimum atomic E-state index is 0.102. The number of nitrogen functional groups attached to an aromatic ring is 1. The van der Waals surface area contributed by atoms with Crippen molar-refractivity contribution in [1.82, 2.24) is 20.4 Å². The van der Waals surface area contributed by atoms with Crippen LogP contribution in [-0.4, -0.2) is 41.1 Å². The molecule has 88 valence electrons. The van der Waals surface area contributed by atoms with E-state index in [-0.39, 0.29) is 11.8 Å². The van der Waals surface area contributed by atoms with Gasteiger partial charge in [-0.3, -0.25) is 9.89 Å². The van der Waals surface area contributed by atoms with Gasteiger partial charge < -0.3 is 16.0 Å². The van der Waals surface area contributed by atoms with Gasteiger partial charge in [-0.1, -0.05) is 0 Å². The molecular formula is C10H17N5O. The van der Waals surface area contributed by atoms with Crippen molar-refractivity contribution >= 4 is 11.7 Å². The van der Waals surface area contributed by atoms with Crippen molar-refractivity contribution in [1.29, 1.82) is 0 Å². The number of rotatable bonds is 3. The van der Waals surface area contributed by atoms with E-state index in [1.807, 2.05) is 7.05 Å². The summed E-state index contributed by atoms with van der Waals surface area (Å²) in [5, 5.41) is 9.32. The molecule has 1 aromatic rings. The van der Waals surface area contributed by atoms with Crippen molar-refractivity contribution in [2.24, 2.45) is 5.92 Å². The van der Waals surface area contributed by atoms with Gasteiger partial charge in [-0.05, 0) is 20.0 Å². The molecule has 1 atom stereocenters. The zero-order valence-electron chi connectivity index (χ0n) is 9.36. The number of aromatic nitrogens is 2. The molecule has 2 heterocycles. The molecule has 6 heteroatoms. The number of aromatic amines is 1. The molecule has 1 amide bonds. The summed E-state index contributed by atoms with van der Waals surface area (Å²) in [6.07, 6.45) is 2.57. The van der Waals surface area contributed by atoms with Gasteiger partial charge in [0.15, 0.2) is 0 Å². The molecule has 1 unspecified atom stereocenters. The summed E-state index contributed by atoms with van der Waals surface area (Å²) >= 11 is 0. The van der Waals surface area contributed by atoms with Gasteiger partial charge in [0.1, 0.15) is 5.82 Å². The van der Waals surface area contributed by atoms with Crippen LogP contribution < -0.4 is 11.1 Å². The van der Waals surface area contributed by atoms with E-state index in [9.17, 15) is 4.79 Å². The Morgan fingerprint density at radius 3 is 3.19 bits per heavy atom. The summed E-state index contributed by atoms with van der Waals surface area (Å²) in [6.45, 7) is 2.28. The summed E-state index contributed by atoms with van der Waals surface area (Å²) < 4.78 is 0. The molecule has 0 spiro atoms. The van der Waals surface area contributed by atoms with Crippen molar-refractivity contribution in [2.45, 2.75) is 13.0 Å². The van der Waals surface area contributed by atoms with Crippen molar-refractivity contribution in [3.05, 3.63) is 11.8 Å². The standard InChI is InChI=1S/C10H17N5O/c1-15-3-2-7(6-15)10(16)12-4-8-5-13-14-9(8)11/h5,7H,2-4,6H2,1H3,(H,12,16)(H3,11,13,14). The van der Waals surface area contributed by atoms with E-state index in [4.69, 9.17) is 5.73 Å². The number of hydrogen-bond acceptors (Lipinski definition) is 4. The van der Waals surface area contributed by atoms with Gasteiger partial charge in [-0.15, -0.1) is 0 Å². The number of carbonyl (C=O) groups is 1. The van der Waals surface area contributed by atoms with Crippen LogP contribution in [-0.2, 0) is 11.3 Å². The first-order valence-corrected chi connectivity index (χ1v) is 5.41. The number of likely N-dealkylation sites (tertiary alicyclic amines) is 1. The lowest BCUT2D eigenvalue weighted by Gasteiger charge is -2.10. The number of amides is 1. The molecule has 0 aliphatic carbocycles. The number of anilines is 1. The van der Waals surface area contributed by atoms with Crippen molar-refractivity contribution in [2.75, 3.05) is 25.9 Å². The highest BCUT2D eigenvalue weighted by Crippen LogP contribution is 2.14. The molecule has 0 radical (unpaired) electrons. The van der Waals surface area contributed by atoms with Gasteiger partial charge in [0, 0.05) is 18.7 Å². The van der Waals surface area contributed by atoms with E-state index in [1.165, 1.54) is 0 Å². The molecule has 1 saturated heterocycles. The Labute approximate surface area is 94.2 Å². The normalized spacial score (nSPS) is 21.2. The largest absolute Gasteiger partial charge is 0.384 e. The summed E-state index contributed by atoms with van der Waals surface area (Å²) in [5.41, 5.74) is 6.46. The molecule has 0 saturated carbocycles. The molecule has 0 aromatic carbocycles. The Bertz CT molecular complexity index is 375. The first-order valence-electron chi connectivity index (χ1n) is 5.41. The maximum Gasteiger partial charge on any atom is 0.224 e. The molecule has 1 aromatic heterocycles. The second-order valence-corrected chi connectivity index (χ2v) is 4.27. The highest BCUT2D eigenvalue weighted by molar-refractivity contribution is 5.79. The van der Waals surface area contributed by atoms with Crippen LogP contribution in [0, 0.1) is 5.92 Å². The highest BCUT2D eigenvalue weighted by atomic mass is 16.1. The molecule has 1 aliphatic rings. The van der Waals surface area contributed by atoms with Crippen molar-refractivity contribution < 1.29 is 4.79 Å². The summed E-state index contributed by atoms with van der Waals surface area (Å²) in [5.74, 6) is 0.729. The summed E-state index contributed by atoms with van der Waals surface area (Å²) in [4.78, 5) is 14.0. The second kappa shape index (κ2) is 4.52. The van der Waals surface area contributed by atoms with Gasteiger partial charge in [0.25, 0.3) is 0 Å². The van der Waals surface area contributed by atoms with E-state index in [2.05, 4.69) is 20.4 Å². The zero-order valence-corrected chi connectivity index (χ0v) is 9.36. The molecule has 1 aliphatic heterocycles. The Morgan fingerprint density at radius 1 is 1.81 bits per heavy atom. The average Bonchev–Trinajstić information content (AvgIpc) is 2.84. The van der Waals surface area contributed by atoms with Crippen LogP contribution >= 0.6 is 0 Å². The fraction of sp³-hybridized carbons (Fsp3) is 0.600. The second-order valence-electron chi connectivity index (χ2n) is 4.27. The third-order valence-electron chi connectivity index (χ3n) is 2.97. The average molecular weight is 223 g/mol. The minimum absolute atomic E-state index is 0.102. The topological polar surface area (TPSA) is 87.0 Å². The fourth-order valence-corrected chi connectivity index (χ4v) is 1.94. The number of H-pyrrole nitrogens is 1. The van der Waals surface area contributed by atoms with E-state index in [0.29, 0.717) is 12.4 Å². The molecule has 1 fully saturated rings. The lowest BCUT2D eigenvalue weighted by Crippen LogP contribution is -2.31. The zero-order chi connectivity index (χ0) is 11.5. The van der Waals surface area contributed by atoms with Crippen LogP contribution in [0.4, 0.5) is 5.82 Å². The Balaban J connectivity index is 1.82. The van der Waals surface area contributed by atoms with E-state index >= 15 is 0 Å². The predicted octanol–water partition coefficient (Wildman–Crippen LogP) is -0.440. The molecular weight excluding hydrogens is 206 g/mol. The molecule has 2 rings (SSSR count). The summed E-state index contributed by atoms with van der Waals surface area (Å²) in [6, 6.07) is 0. The SMILES string of the molecule is CN1CCC(C(=O)NCc2cn[nH]c2N)C1. The van der Waals surface area contributed by atoms with Crippen LogP contribution in [0.25, 0.3) is 0 Å². The van der Waals surface area contributed by atoms with Crippen LogP contribution in [0.1, 0.15) is 12.0 Å². The molecule has 6 nitrogen and oxygen atoms in total.